The molecule has 0 fully saturated rings. The van der Waals surface area contributed by atoms with Crippen LogP contribution in [0.25, 0.3) is 72.3 Å². The number of imidazole rings is 2. The summed E-state index contributed by atoms with van der Waals surface area (Å²) < 4.78 is 13.1. The molecule has 0 amide bonds. The Morgan fingerprint density at radius 2 is 1.34 bits per heavy atom. The van der Waals surface area contributed by atoms with Gasteiger partial charge in [-0.3, -0.25) is 4.40 Å². The van der Waals surface area contributed by atoms with Gasteiger partial charge in [0.05, 0.1) is 22.1 Å². The molecule has 0 saturated heterocycles. The molecule has 0 spiro atoms. The Morgan fingerprint density at radius 3 is 2.17 bits per heavy atom. The minimum absolute atomic E-state index is 0. The Bertz CT molecular complexity index is 2980. The first-order chi connectivity index (χ1) is 25.4. The number of hydrogen-bond acceptors (Lipinski definition) is 3. The topological polar surface area (TPSA) is 49.3 Å². The Kier molecular flexibility index (Phi) is 7.83. The molecule has 0 aliphatic carbocycles. The molecule has 0 atom stereocenters. The number of hydrogen-bond donors (Lipinski definition) is 0. The maximum absolute atomic E-state index is 6.58. The number of para-hydroxylation sites is 4. The molecule has 0 bridgehead atoms. The van der Waals surface area contributed by atoms with E-state index in [1.165, 1.54) is 11.1 Å². The molecular formula is C46H33N5OPt. The van der Waals surface area contributed by atoms with Crippen molar-refractivity contribution in [2.45, 2.75) is 26.2 Å². The van der Waals surface area contributed by atoms with Crippen LogP contribution in [0.3, 0.4) is 0 Å². The maximum Gasteiger partial charge on any atom is 2.00 e. The van der Waals surface area contributed by atoms with Crippen molar-refractivity contribution < 1.29 is 25.8 Å². The second kappa shape index (κ2) is 12.6. The Labute approximate surface area is 321 Å². The van der Waals surface area contributed by atoms with E-state index in [0.717, 1.165) is 66.7 Å². The van der Waals surface area contributed by atoms with Crippen molar-refractivity contribution in [1.82, 2.24) is 23.5 Å². The third kappa shape index (κ3) is 5.44. The number of ether oxygens (including phenoxy) is 1. The van der Waals surface area contributed by atoms with Gasteiger partial charge in [0.15, 0.2) is 0 Å². The number of pyridine rings is 1. The number of rotatable bonds is 5. The molecule has 10 aromatic rings. The molecule has 0 radical (unpaired) electrons. The standard InChI is InChI=1S/C46H33N5O.Pt/c1-46(2,3)32-24-25-47-44(27-32)50-39-23-20-31(30-12-5-4-6-13-30)26-37(39)36-22-21-35(29-43(36)50)52-34-15-11-14-33(28-34)49-41-18-9-10-19-42(41)51-40-17-8-7-16-38(40)48-45(49)51;/h4-27H,1-3H3;/q-2;+2. The zero-order valence-electron chi connectivity index (χ0n) is 29.3. The number of aromatic nitrogens is 5. The molecule has 0 unspecified atom stereocenters. The summed E-state index contributed by atoms with van der Waals surface area (Å²) in [5.41, 5.74) is 10.4. The third-order valence-corrected chi connectivity index (χ3v) is 9.92. The van der Waals surface area contributed by atoms with Crippen LogP contribution in [0.1, 0.15) is 26.3 Å². The van der Waals surface area contributed by atoms with E-state index in [1.807, 2.05) is 48.7 Å². The van der Waals surface area contributed by atoms with Gasteiger partial charge >= 0.3 is 21.1 Å². The summed E-state index contributed by atoms with van der Waals surface area (Å²) >= 11 is 0. The maximum atomic E-state index is 6.58. The Hall–Kier alpha value is -5.97. The van der Waals surface area contributed by atoms with E-state index in [4.69, 9.17) is 14.7 Å². The van der Waals surface area contributed by atoms with Gasteiger partial charge in [0.1, 0.15) is 5.82 Å². The fourth-order valence-corrected chi connectivity index (χ4v) is 7.37. The number of fused-ring (bicyclic) bond motifs is 8. The van der Waals surface area contributed by atoms with Gasteiger partial charge < -0.3 is 13.9 Å². The van der Waals surface area contributed by atoms with Crippen LogP contribution in [-0.4, -0.2) is 23.5 Å². The molecule has 4 heterocycles. The zero-order chi connectivity index (χ0) is 35.0. The van der Waals surface area contributed by atoms with Gasteiger partial charge in [0, 0.05) is 23.2 Å². The van der Waals surface area contributed by atoms with E-state index in [9.17, 15) is 0 Å². The van der Waals surface area contributed by atoms with Crippen molar-refractivity contribution in [3.8, 4) is 34.1 Å². The quantitative estimate of drug-likeness (QED) is 0.162. The Morgan fingerprint density at radius 1 is 0.585 bits per heavy atom. The first kappa shape index (κ1) is 32.9. The molecule has 0 aliphatic rings. The van der Waals surface area contributed by atoms with Gasteiger partial charge in [0.2, 0.25) is 5.78 Å². The number of nitrogens with zero attached hydrogens (tertiary/aromatic N) is 5. The minimum atomic E-state index is -0.0322. The summed E-state index contributed by atoms with van der Waals surface area (Å²) in [4.78, 5) is 9.91. The number of benzene rings is 6. The van der Waals surface area contributed by atoms with Crippen LogP contribution in [0.5, 0.6) is 11.5 Å². The summed E-state index contributed by atoms with van der Waals surface area (Å²) in [6.45, 7) is 6.68. The molecule has 53 heavy (non-hydrogen) atoms. The van der Waals surface area contributed by atoms with E-state index in [1.54, 1.807) is 0 Å². The van der Waals surface area contributed by atoms with E-state index < -0.39 is 0 Å². The molecule has 6 nitrogen and oxygen atoms in total. The van der Waals surface area contributed by atoms with Gasteiger partial charge in [-0.05, 0) is 70.0 Å². The average Bonchev–Trinajstić information content (AvgIpc) is 3.81. The molecule has 258 valence electrons. The average molecular weight is 867 g/mol. The van der Waals surface area contributed by atoms with Crippen LogP contribution < -0.4 is 4.74 Å². The van der Waals surface area contributed by atoms with Crippen LogP contribution in [0.2, 0.25) is 0 Å². The first-order valence-corrected chi connectivity index (χ1v) is 17.5. The van der Waals surface area contributed by atoms with E-state index in [0.29, 0.717) is 11.5 Å². The van der Waals surface area contributed by atoms with Crippen molar-refractivity contribution in [2.24, 2.45) is 0 Å². The summed E-state index contributed by atoms with van der Waals surface area (Å²) in [5.74, 6) is 2.85. The molecule has 6 aromatic carbocycles. The predicted octanol–water partition coefficient (Wildman–Crippen LogP) is 11.3. The van der Waals surface area contributed by atoms with Gasteiger partial charge in [0.25, 0.3) is 0 Å². The smallest absolute Gasteiger partial charge is 0.509 e. The monoisotopic (exact) mass is 866 g/mol. The van der Waals surface area contributed by atoms with Crippen molar-refractivity contribution in [2.75, 3.05) is 0 Å². The molecule has 4 aromatic heterocycles. The van der Waals surface area contributed by atoms with Gasteiger partial charge in [-0.25, -0.2) is 9.97 Å². The Balaban J connectivity index is 0.00000372. The van der Waals surface area contributed by atoms with Crippen molar-refractivity contribution in [1.29, 1.82) is 0 Å². The largest absolute Gasteiger partial charge is 2.00 e. The van der Waals surface area contributed by atoms with Crippen LogP contribution in [0.4, 0.5) is 0 Å². The minimum Gasteiger partial charge on any atom is -0.509 e. The molecule has 10 rings (SSSR count). The van der Waals surface area contributed by atoms with E-state index >= 15 is 0 Å². The molecular weight excluding hydrogens is 834 g/mol. The van der Waals surface area contributed by atoms with E-state index in [-0.39, 0.29) is 26.5 Å². The molecule has 0 aliphatic heterocycles. The van der Waals surface area contributed by atoms with E-state index in [2.05, 4.69) is 144 Å². The first-order valence-electron chi connectivity index (χ1n) is 17.5. The van der Waals surface area contributed by atoms with Gasteiger partial charge in [-0.2, -0.15) is 12.1 Å². The summed E-state index contributed by atoms with van der Waals surface area (Å²) in [6.07, 6.45) is 1.90. The van der Waals surface area contributed by atoms with Gasteiger partial charge in [-0.15, -0.1) is 35.7 Å². The second-order valence-electron chi connectivity index (χ2n) is 14.2. The van der Waals surface area contributed by atoms with Crippen molar-refractivity contribution >= 4 is 49.7 Å². The second-order valence-corrected chi connectivity index (χ2v) is 14.2. The fraction of sp³-hybridized carbons (Fsp3) is 0.0870. The predicted molar refractivity (Wildman–Crippen MR) is 210 cm³/mol. The van der Waals surface area contributed by atoms with Crippen molar-refractivity contribution in [3.05, 3.63) is 163 Å². The van der Waals surface area contributed by atoms with Crippen LogP contribution >= 0.6 is 0 Å². The fourth-order valence-electron chi connectivity index (χ4n) is 7.37. The zero-order valence-corrected chi connectivity index (χ0v) is 31.6. The molecule has 0 N–H and O–H groups in total. The summed E-state index contributed by atoms with van der Waals surface area (Å²) in [5, 5.41) is 2.21. The van der Waals surface area contributed by atoms with Crippen LogP contribution in [-0.2, 0) is 26.5 Å². The summed E-state index contributed by atoms with van der Waals surface area (Å²) in [6, 6.07) is 55.3. The van der Waals surface area contributed by atoms with Gasteiger partial charge in [-0.1, -0.05) is 98.7 Å². The van der Waals surface area contributed by atoms with Crippen LogP contribution in [0, 0.1) is 12.1 Å². The molecule has 7 heteroatoms. The van der Waals surface area contributed by atoms with Crippen molar-refractivity contribution in [3.63, 3.8) is 0 Å². The van der Waals surface area contributed by atoms with Crippen LogP contribution in [0.15, 0.2) is 146 Å². The third-order valence-electron chi connectivity index (χ3n) is 9.92. The normalized spacial score (nSPS) is 11.9. The molecule has 0 saturated carbocycles. The SMILES string of the molecule is CC(C)(C)c1ccnc(-n2c3[c-]c(Oc4[c-]c(-n5c6ccccc6n6c7ccccc7nc56)ccc4)ccc3c3cc(-c4ccccc4)ccc32)c1.[Pt+2]. The summed E-state index contributed by atoms with van der Waals surface area (Å²) in [7, 11) is 0.